The summed E-state index contributed by atoms with van der Waals surface area (Å²) in [6, 6.07) is 9.08. The smallest absolute Gasteiger partial charge is 0.315 e. The van der Waals surface area contributed by atoms with E-state index in [1.165, 1.54) is 16.6 Å². The standard InChI is InChI=1S/C16H17FN6O2/c1-2-25-15-7-6-13-20-21-14(23(13)22-15)10-19-16(24)18-9-11-4-3-5-12(17)8-11/h3-8H,2,9-10H2,1H3,(H2,18,19,24). The number of hydrogen-bond acceptors (Lipinski definition) is 5. The molecule has 0 bridgehead atoms. The van der Waals surface area contributed by atoms with Gasteiger partial charge in [-0.2, -0.15) is 4.52 Å². The Balaban J connectivity index is 1.58. The van der Waals surface area contributed by atoms with E-state index in [0.29, 0.717) is 29.5 Å². The van der Waals surface area contributed by atoms with Crippen molar-refractivity contribution in [3.05, 3.63) is 53.6 Å². The van der Waals surface area contributed by atoms with Crippen molar-refractivity contribution in [3.8, 4) is 5.88 Å². The lowest BCUT2D eigenvalue weighted by Gasteiger charge is -2.07. The summed E-state index contributed by atoms with van der Waals surface area (Å²) in [4.78, 5) is 11.9. The molecule has 3 rings (SSSR count). The van der Waals surface area contributed by atoms with Gasteiger partial charge in [0, 0.05) is 12.6 Å². The second-order valence-electron chi connectivity index (χ2n) is 5.16. The third kappa shape index (κ3) is 4.19. The van der Waals surface area contributed by atoms with Crippen LogP contribution in [0.2, 0.25) is 0 Å². The first kappa shape index (κ1) is 16.6. The van der Waals surface area contributed by atoms with E-state index in [9.17, 15) is 9.18 Å². The van der Waals surface area contributed by atoms with Gasteiger partial charge in [0.25, 0.3) is 0 Å². The maximum absolute atomic E-state index is 13.1. The summed E-state index contributed by atoms with van der Waals surface area (Å²) in [5, 5.41) is 17.6. The van der Waals surface area contributed by atoms with Crippen LogP contribution in [0.4, 0.5) is 9.18 Å². The molecule has 25 heavy (non-hydrogen) atoms. The lowest BCUT2D eigenvalue weighted by Crippen LogP contribution is -2.35. The van der Waals surface area contributed by atoms with E-state index in [1.807, 2.05) is 6.92 Å². The van der Waals surface area contributed by atoms with E-state index in [2.05, 4.69) is 25.9 Å². The summed E-state index contributed by atoms with van der Waals surface area (Å²) in [6.07, 6.45) is 0. The maximum atomic E-state index is 13.1. The van der Waals surface area contributed by atoms with Gasteiger partial charge >= 0.3 is 6.03 Å². The van der Waals surface area contributed by atoms with E-state index in [0.717, 1.165) is 0 Å². The van der Waals surface area contributed by atoms with Crippen LogP contribution in [0.1, 0.15) is 18.3 Å². The molecule has 0 unspecified atom stereocenters. The Morgan fingerprint density at radius 3 is 2.84 bits per heavy atom. The number of fused-ring (bicyclic) bond motifs is 1. The van der Waals surface area contributed by atoms with Gasteiger partial charge in [-0.1, -0.05) is 12.1 Å². The van der Waals surface area contributed by atoms with Crippen molar-refractivity contribution in [2.45, 2.75) is 20.0 Å². The van der Waals surface area contributed by atoms with Gasteiger partial charge in [0.1, 0.15) is 5.82 Å². The fourth-order valence-electron chi connectivity index (χ4n) is 2.20. The Hall–Kier alpha value is -3.23. The second kappa shape index (κ2) is 7.56. The first-order valence-electron chi connectivity index (χ1n) is 7.76. The van der Waals surface area contributed by atoms with Crippen molar-refractivity contribution < 1.29 is 13.9 Å². The number of urea groups is 1. The monoisotopic (exact) mass is 344 g/mol. The summed E-state index contributed by atoms with van der Waals surface area (Å²) in [5.41, 5.74) is 1.23. The number of amides is 2. The summed E-state index contributed by atoms with van der Waals surface area (Å²) < 4.78 is 20.0. The zero-order chi connectivity index (χ0) is 17.6. The Morgan fingerprint density at radius 1 is 1.20 bits per heavy atom. The zero-order valence-electron chi connectivity index (χ0n) is 13.6. The number of benzene rings is 1. The highest BCUT2D eigenvalue weighted by atomic mass is 19.1. The van der Waals surface area contributed by atoms with Crippen molar-refractivity contribution in [1.82, 2.24) is 30.4 Å². The minimum absolute atomic E-state index is 0.138. The van der Waals surface area contributed by atoms with E-state index in [-0.39, 0.29) is 18.9 Å². The predicted molar refractivity (Wildman–Crippen MR) is 87.4 cm³/mol. The number of hydrogen-bond donors (Lipinski definition) is 2. The van der Waals surface area contributed by atoms with Crippen LogP contribution in [0, 0.1) is 5.82 Å². The quantitative estimate of drug-likeness (QED) is 0.709. The van der Waals surface area contributed by atoms with Crippen LogP contribution < -0.4 is 15.4 Å². The molecule has 2 heterocycles. The number of nitrogens with one attached hydrogen (secondary N) is 2. The molecule has 3 aromatic rings. The minimum Gasteiger partial charge on any atom is -0.477 e. The van der Waals surface area contributed by atoms with E-state index in [1.54, 1.807) is 24.3 Å². The van der Waals surface area contributed by atoms with Crippen molar-refractivity contribution >= 4 is 11.7 Å². The van der Waals surface area contributed by atoms with Gasteiger partial charge in [-0.15, -0.1) is 15.3 Å². The van der Waals surface area contributed by atoms with Gasteiger partial charge < -0.3 is 15.4 Å². The molecule has 0 saturated carbocycles. The summed E-state index contributed by atoms with van der Waals surface area (Å²) >= 11 is 0. The molecule has 2 amide bonds. The minimum atomic E-state index is -0.401. The van der Waals surface area contributed by atoms with Crippen LogP contribution >= 0.6 is 0 Å². The number of carbonyl (C=O) groups excluding carboxylic acids is 1. The van der Waals surface area contributed by atoms with Crippen molar-refractivity contribution in [2.75, 3.05) is 6.61 Å². The topological polar surface area (TPSA) is 93.4 Å². The highest BCUT2D eigenvalue weighted by molar-refractivity contribution is 5.73. The second-order valence-corrected chi connectivity index (χ2v) is 5.16. The van der Waals surface area contributed by atoms with E-state index in [4.69, 9.17) is 4.74 Å². The average molecular weight is 344 g/mol. The first-order valence-corrected chi connectivity index (χ1v) is 7.76. The van der Waals surface area contributed by atoms with Crippen LogP contribution in [0.15, 0.2) is 36.4 Å². The third-order valence-electron chi connectivity index (χ3n) is 3.34. The molecular formula is C16H17FN6O2. The molecule has 0 aliphatic carbocycles. The van der Waals surface area contributed by atoms with Gasteiger partial charge in [0.2, 0.25) is 5.88 Å². The molecule has 0 aliphatic heterocycles. The number of aromatic nitrogens is 4. The SMILES string of the molecule is CCOc1ccc2nnc(CNC(=O)NCc3cccc(F)c3)n2n1. The molecule has 1 aromatic carbocycles. The molecule has 2 N–H and O–H groups in total. The Kier molecular flexibility index (Phi) is 5.03. The molecule has 0 fully saturated rings. The Labute approximate surface area is 143 Å². The molecule has 2 aromatic heterocycles. The van der Waals surface area contributed by atoms with Crippen LogP contribution in [0.5, 0.6) is 5.88 Å². The van der Waals surface area contributed by atoms with Gasteiger partial charge in [-0.05, 0) is 30.7 Å². The molecule has 0 saturated heterocycles. The molecule has 0 atom stereocenters. The Morgan fingerprint density at radius 2 is 2.04 bits per heavy atom. The number of ether oxygens (including phenoxy) is 1. The van der Waals surface area contributed by atoms with Crippen LogP contribution in [-0.4, -0.2) is 32.4 Å². The van der Waals surface area contributed by atoms with Gasteiger partial charge in [-0.25, -0.2) is 9.18 Å². The van der Waals surface area contributed by atoms with Crippen molar-refractivity contribution in [1.29, 1.82) is 0 Å². The van der Waals surface area contributed by atoms with E-state index < -0.39 is 6.03 Å². The number of carbonyl (C=O) groups is 1. The molecule has 0 spiro atoms. The van der Waals surface area contributed by atoms with Gasteiger partial charge in [0.05, 0.1) is 13.2 Å². The Bertz CT molecular complexity index is 882. The van der Waals surface area contributed by atoms with Crippen LogP contribution in [0.25, 0.3) is 5.65 Å². The molecule has 0 aliphatic rings. The number of rotatable bonds is 6. The first-order chi connectivity index (χ1) is 12.2. The molecule has 130 valence electrons. The van der Waals surface area contributed by atoms with Crippen LogP contribution in [-0.2, 0) is 13.1 Å². The van der Waals surface area contributed by atoms with Crippen molar-refractivity contribution in [2.24, 2.45) is 0 Å². The normalized spacial score (nSPS) is 10.6. The average Bonchev–Trinajstić information content (AvgIpc) is 3.01. The number of halogens is 1. The van der Waals surface area contributed by atoms with Crippen LogP contribution in [0.3, 0.4) is 0 Å². The molecular weight excluding hydrogens is 327 g/mol. The fourth-order valence-corrected chi connectivity index (χ4v) is 2.20. The molecule has 8 nitrogen and oxygen atoms in total. The highest BCUT2D eigenvalue weighted by Crippen LogP contribution is 2.09. The summed E-state index contributed by atoms with van der Waals surface area (Å²) in [6.45, 7) is 2.72. The fraction of sp³-hybridized carbons (Fsp3) is 0.250. The van der Waals surface area contributed by atoms with Crippen molar-refractivity contribution in [3.63, 3.8) is 0 Å². The molecule has 9 heteroatoms. The zero-order valence-corrected chi connectivity index (χ0v) is 13.6. The summed E-state index contributed by atoms with van der Waals surface area (Å²) in [5.74, 6) is 0.579. The lowest BCUT2D eigenvalue weighted by molar-refractivity contribution is 0.239. The maximum Gasteiger partial charge on any atom is 0.315 e. The van der Waals surface area contributed by atoms with Gasteiger partial charge in [-0.3, -0.25) is 0 Å². The summed E-state index contributed by atoms with van der Waals surface area (Å²) in [7, 11) is 0. The van der Waals surface area contributed by atoms with E-state index >= 15 is 0 Å². The lowest BCUT2D eigenvalue weighted by atomic mass is 10.2. The largest absolute Gasteiger partial charge is 0.477 e. The predicted octanol–water partition coefficient (Wildman–Crippen LogP) is 1.66. The molecule has 0 radical (unpaired) electrons. The third-order valence-corrected chi connectivity index (χ3v) is 3.34. The number of nitrogens with zero attached hydrogens (tertiary/aromatic N) is 4. The van der Waals surface area contributed by atoms with Gasteiger partial charge in [0.15, 0.2) is 11.5 Å². The highest BCUT2D eigenvalue weighted by Gasteiger charge is 2.09.